The highest BCUT2D eigenvalue weighted by atomic mass is 16.5. The average molecular weight is 245 g/mol. The highest BCUT2D eigenvalue weighted by Gasteiger charge is 2.11. The predicted molar refractivity (Wildman–Crippen MR) is 64.6 cm³/mol. The molecule has 0 aliphatic heterocycles. The van der Waals surface area contributed by atoms with Crippen LogP contribution in [-0.4, -0.2) is 50.2 Å². The van der Waals surface area contributed by atoms with Crippen molar-refractivity contribution < 1.29 is 19.1 Å². The summed E-state index contributed by atoms with van der Waals surface area (Å²) in [6.45, 7) is 5.92. The summed E-state index contributed by atoms with van der Waals surface area (Å²) >= 11 is 0. The van der Waals surface area contributed by atoms with Crippen LogP contribution in [0.5, 0.6) is 0 Å². The van der Waals surface area contributed by atoms with E-state index in [9.17, 15) is 9.59 Å². The van der Waals surface area contributed by atoms with E-state index in [2.05, 4.69) is 4.74 Å². The van der Waals surface area contributed by atoms with Gasteiger partial charge in [-0.25, -0.2) is 0 Å². The zero-order chi connectivity index (χ0) is 13.1. The molecule has 0 bridgehead atoms. The third kappa shape index (κ3) is 8.68. The molecule has 0 N–H and O–H groups in total. The number of rotatable bonds is 9. The van der Waals surface area contributed by atoms with Crippen LogP contribution < -0.4 is 0 Å². The van der Waals surface area contributed by atoms with Gasteiger partial charge >= 0.3 is 11.9 Å². The first-order valence-corrected chi connectivity index (χ1v) is 6.08. The fourth-order valence-corrected chi connectivity index (χ4v) is 1.26. The smallest absolute Gasteiger partial charge is 0.320 e. The van der Waals surface area contributed by atoms with Gasteiger partial charge in [0.1, 0.15) is 0 Å². The van der Waals surface area contributed by atoms with Crippen molar-refractivity contribution in [1.29, 1.82) is 0 Å². The van der Waals surface area contributed by atoms with Gasteiger partial charge in [0.2, 0.25) is 0 Å². The van der Waals surface area contributed by atoms with Gasteiger partial charge in [-0.1, -0.05) is 20.3 Å². The van der Waals surface area contributed by atoms with Gasteiger partial charge in [-0.3, -0.25) is 14.5 Å². The Labute approximate surface area is 103 Å². The first-order valence-electron chi connectivity index (χ1n) is 6.08. The Morgan fingerprint density at radius 2 is 1.88 bits per heavy atom. The fraction of sp³-hybridized carbons (Fsp3) is 0.833. The van der Waals surface area contributed by atoms with Crippen molar-refractivity contribution >= 4 is 11.9 Å². The van der Waals surface area contributed by atoms with Crippen LogP contribution in [0, 0.1) is 0 Å². The normalized spacial score (nSPS) is 10.4. The number of ether oxygens (including phenoxy) is 2. The predicted octanol–water partition coefficient (Wildman–Crippen LogP) is 1.21. The average Bonchev–Trinajstić information content (AvgIpc) is 2.34. The number of methoxy groups -OCH3 is 1. The fourth-order valence-electron chi connectivity index (χ4n) is 1.26. The standard InChI is InChI=1S/C12H23NO4/c1-4-6-9-17-12(15)10-13(5-2)8-7-11(14)16-3/h4-10H2,1-3H3. The molecule has 0 aromatic carbocycles. The molecule has 0 rings (SSSR count). The maximum Gasteiger partial charge on any atom is 0.320 e. The van der Waals surface area contributed by atoms with Crippen molar-refractivity contribution in [1.82, 2.24) is 4.90 Å². The van der Waals surface area contributed by atoms with Crippen LogP contribution in [0.15, 0.2) is 0 Å². The van der Waals surface area contributed by atoms with E-state index >= 15 is 0 Å². The molecule has 0 fully saturated rings. The molecule has 5 heteroatoms. The Kier molecular flexibility index (Phi) is 9.43. The Hall–Kier alpha value is -1.10. The number of nitrogens with zero attached hydrogens (tertiary/aromatic N) is 1. The van der Waals surface area contributed by atoms with Crippen molar-refractivity contribution in [3.05, 3.63) is 0 Å². The Morgan fingerprint density at radius 1 is 1.18 bits per heavy atom. The minimum atomic E-state index is -0.261. The van der Waals surface area contributed by atoms with E-state index in [-0.39, 0.29) is 18.5 Å². The molecule has 0 unspecified atom stereocenters. The zero-order valence-electron chi connectivity index (χ0n) is 11.0. The largest absolute Gasteiger partial charge is 0.469 e. The molecule has 0 spiro atoms. The maximum atomic E-state index is 11.4. The van der Waals surface area contributed by atoms with Crippen LogP contribution in [0.4, 0.5) is 0 Å². The lowest BCUT2D eigenvalue weighted by Gasteiger charge is -2.18. The molecule has 0 aliphatic carbocycles. The molecule has 17 heavy (non-hydrogen) atoms. The quantitative estimate of drug-likeness (QED) is 0.451. The summed E-state index contributed by atoms with van der Waals surface area (Å²) in [7, 11) is 1.36. The molecular weight excluding hydrogens is 222 g/mol. The van der Waals surface area contributed by atoms with E-state index in [1.165, 1.54) is 7.11 Å². The molecule has 100 valence electrons. The molecule has 5 nitrogen and oxygen atoms in total. The second kappa shape index (κ2) is 10.1. The molecule has 0 heterocycles. The van der Waals surface area contributed by atoms with E-state index in [1.54, 1.807) is 0 Å². The third-order valence-electron chi connectivity index (χ3n) is 2.42. The van der Waals surface area contributed by atoms with Crippen molar-refractivity contribution in [2.24, 2.45) is 0 Å². The van der Waals surface area contributed by atoms with Crippen LogP contribution in [0.2, 0.25) is 0 Å². The molecule has 0 saturated carbocycles. The van der Waals surface area contributed by atoms with E-state index in [0.717, 1.165) is 12.8 Å². The van der Waals surface area contributed by atoms with E-state index in [1.807, 2.05) is 18.7 Å². The van der Waals surface area contributed by atoms with Gasteiger partial charge in [0.05, 0.1) is 26.7 Å². The minimum absolute atomic E-state index is 0.231. The molecular formula is C12H23NO4. The Balaban J connectivity index is 3.79. The van der Waals surface area contributed by atoms with Gasteiger partial charge in [-0.05, 0) is 13.0 Å². The van der Waals surface area contributed by atoms with Gasteiger partial charge in [-0.15, -0.1) is 0 Å². The highest BCUT2D eigenvalue weighted by molar-refractivity contribution is 5.72. The summed E-state index contributed by atoms with van der Waals surface area (Å²) in [4.78, 5) is 24.3. The highest BCUT2D eigenvalue weighted by Crippen LogP contribution is 1.96. The molecule has 0 aromatic heterocycles. The number of hydrogen-bond acceptors (Lipinski definition) is 5. The first kappa shape index (κ1) is 15.9. The number of carbonyl (C=O) groups is 2. The molecule has 0 radical (unpaired) electrons. The van der Waals surface area contributed by atoms with Crippen LogP contribution in [0.1, 0.15) is 33.1 Å². The van der Waals surface area contributed by atoms with Crippen molar-refractivity contribution in [3.63, 3.8) is 0 Å². The second-order valence-corrected chi connectivity index (χ2v) is 3.77. The van der Waals surface area contributed by atoms with Gasteiger partial charge < -0.3 is 9.47 Å². The van der Waals surface area contributed by atoms with Gasteiger partial charge in [0, 0.05) is 6.54 Å². The second-order valence-electron chi connectivity index (χ2n) is 3.77. The van der Waals surface area contributed by atoms with Crippen LogP contribution in [0.3, 0.4) is 0 Å². The van der Waals surface area contributed by atoms with Crippen LogP contribution in [-0.2, 0) is 19.1 Å². The molecule has 0 aromatic rings. The van der Waals surface area contributed by atoms with Crippen LogP contribution >= 0.6 is 0 Å². The molecule has 0 atom stereocenters. The topological polar surface area (TPSA) is 55.8 Å². The summed E-state index contributed by atoms with van der Waals surface area (Å²) in [5.74, 6) is -0.493. The lowest BCUT2D eigenvalue weighted by atomic mass is 10.3. The lowest BCUT2D eigenvalue weighted by Crippen LogP contribution is -2.33. The van der Waals surface area contributed by atoms with Gasteiger partial charge in [0.15, 0.2) is 0 Å². The van der Waals surface area contributed by atoms with Crippen molar-refractivity contribution in [2.75, 3.05) is 33.4 Å². The van der Waals surface area contributed by atoms with E-state index in [4.69, 9.17) is 4.74 Å². The Morgan fingerprint density at radius 3 is 2.41 bits per heavy atom. The van der Waals surface area contributed by atoms with Gasteiger partial charge in [0.25, 0.3) is 0 Å². The molecule has 0 saturated heterocycles. The van der Waals surface area contributed by atoms with Crippen molar-refractivity contribution in [2.45, 2.75) is 33.1 Å². The maximum absolute atomic E-state index is 11.4. The summed E-state index contributed by atoms with van der Waals surface area (Å²) < 4.78 is 9.60. The monoisotopic (exact) mass is 245 g/mol. The summed E-state index contributed by atoms with van der Waals surface area (Å²) in [5, 5.41) is 0. The minimum Gasteiger partial charge on any atom is -0.469 e. The van der Waals surface area contributed by atoms with Gasteiger partial charge in [-0.2, -0.15) is 0 Å². The van der Waals surface area contributed by atoms with Crippen molar-refractivity contribution in [3.8, 4) is 0 Å². The Bertz CT molecular complexity index is 231. The van der Waals surface area contributed by atoms with E-state index < -0.39 is 0 Å². The number of hydrogen-bond donors (Lipinski definition) is 0. The zero-order valence-corrected chi connectivity index (χ0v) is 11.0. The number of carbonyl (C=O) groups excluding carboxylic acids is 2. The number of likely N-dealkylation sites (N-methyl/N-ethyl adjacent to an activating group) is 1. The summed E-state index contributed by atoms with van der Waals surface area (Å²) in [6, 6.07) is 0. The molecule has 0 aliphatic rings. The van der Waals surface area contributed by atoms with Crippen LogP contribution in [0.25, 0.3) is 0 Å². The first-order chi connectivity index (χ1) is 8.13. The van der Waals surface area contributed by atoms with E-state index in [0.29, 0.717) is 26.1 Å². The third-order valence-corrected chi connectivity index (χ3v) is 2.42. The lowest BCUT2D eigenvalue weighted by molar-refractivity contribution is -0.146. The summed E-state index contributed by atoms with van der Waals surface area (Å²) in [5.41, 5.74) is 0. The number of unbranched alkanes of at least 4 members (excludes halogenated alkanes) is 1. The number of esters is 2. The summed E-state index contributed by atoms with van der Waals surface area (Å²) in [6.07, 6.45) is 2.19. The SMILES string of the molecule is CCCCOC(=O)CN(CC)CCC(=O)OC. The molecule has 0 amide bonds.